The summed E-state index contributed by atoms with van der Waals surface area (Å²) in [5, 5.41) is 26.0. The van der Waals surface area contributed by atoms with Crippen molar-refractivity contribution in [1.29, 1.82) is 0 Å². The quantitative estimate of drug-likeness (QED) is 0.662. The zero-order valence-electron chi connectivity index (χ0n) is 14.3. The number of carbonyl (C=O) groups excluding carboxylic acids is 1. The van der Waals surface area contributed by atoms with Crippen LogP contribution in [0.4, 0.5) is 4.79 Å². The summed E-state index contributed by atoms with van der Waals surface area (Å²) in [5.74, 6) is -0.637. The molecule has 1 aromatic heterocycles. The van der Waals surface area contributed by atoms with E-state index in [1.165, 1.54) is 6.92 Å². The molecule has 0 aliphatic carbocycles. The average molecular weight is 346 g/mol. The number of nitrogens with one attached hydrogen (secondary N) is 2. The van der Waals surface area contributed by atoms with Crippen LogP contribution in [-0.2, 0) is 23.4 Å². The van der Waals surface area contributed by atoms with Crippen molar-refractivity contribution < 1.29 is 14.7 Å². The van der Waals surface area contributed by atoms with Crippen molar-refractivity contribution in [3.05, 3.63) is 41.7 Å². The lowest BCUT2D eigenvalue weighted by Gasteiger charge is -2.26. The van der Waals surface area contributed by atoms with Gasteiger partial charge < -0.3 is 15.7 Å². The maximum absolute atomic E-state index is 12.2. The van der Waals surface area contributed by atoms with Crippen LogP contribution in [0.2, 0.25) is 0 Å². The summed E-state index contributed by atoms with van der Waals surface area (Å²) < 4.78 is 1.62. The van der Waals surface area contributed by atoms with E-state index in [9.17, 15) is 14.7 Å². The molecule has 9 nitrogen and oxygen atoms in total. The van der Waals surface area contributed by atoms with Crippen molar-refractivity contribution >= 4 is 12.0 Å². The van der Waals surface area contributed by atoms with Crippen LogP contribution in [0, 0.1) is 0 Å². The van der Waals surface area contributed by atoms with Crippen LogP contribution in [0.25, 0.3) is 0 Å². The highest BCUT2D eigenvalue weighted by Gasteiger charge is 2.36. The number of nitrogens with zero attached hydrogens (tertiary/aromatic N) is 4. The number of unbranched alkanes of at least 4 members (excludes halogenated alkanes) is 1. The fraction of sp³-hybridized carbons (Fsp3) is 0.438. The summed E-state index contributed by atoms with van der Waals surface area (Å²) in [6.07, 6.45) is 1.93. The van der Waals surface area contributed by atoms with E-state index in [0.29, 0.717) is 17.9 Å². The Kier molecular flexibility index (Phi) is 6.04. The zero-order chi connectivity index (χ0) is 18.3. The minimum atomic E-state index is -1.54. The van der Waals surface area contributed by atoms with E-state index < -0.39 is 17.5 Å². The minimum absolute atomic E-state index is 0.104. The van der Waals surface area contributed by atoms with Gasteiger partial charge >= 0.3 is 12.0 Å². The first-order chi connectivity index (χ1) is 12.0. The van der Waals surface area contributed by atoms with Gasteiger partial charge in [-0.15, -0.1) is 5.10 Å². The molecule has 3 N–H and O–H groups in total. The molecule has 2 rings (SSSR count). The van der Waals surface area contributed by atoms with Crippen LogP contribution in [0.15, 0.2) is 30.3 Å². The van der Waals surface area contributed by atoms with Gasteiger partial charge in [0, 0.05) is 6.54 Å². The number of urea groups is 1. The number of carboxylic acids is 1. The molecule has 0 saturated heterocycles. The van der Waals surface area contributed by atoms with E-state index >= 15 is 0 Å². The third-order valence-corrected chi connectivity index (χ3v) is 3.88. The highest BCUT2D eigenvalue weighted by molar-refractivity contribution is 5.87. The van der Waals surface area contributed by atoms with Crippen LogP contribution in [-0.4, -0.2) is 37.3 Å². The minimum Gasteiger partial charge on any atom is -0.479 e. The predicted octanol–water partition coefficient (Wildman–Crippen LogP) is 1.27. The van der Waals surface area contributed by atoms with Gasteiger partial charge in [-0.05, 0) is 29.3 Å². The number of benzene rings is 1. The van der Waals surface area contributed by atoms with Crippen molar-refractivity contribution in [2.75, 3.05) is 0 Å². The second-order valence-corrected chi connectivity index (χ2v) is 5.78. The first kappa shape index (κ1) is 18.4. The van der Waals surface area contributed by atoms with Gasteiger partial charge in [-0.1, -0.05) is 43.7 Å². The highest BCUT2D eigenvalue weighted by Crippen LogP contribution is 2.20. The summed E-state index contributed by atoms with van der Waals surface area (Å²) in [4.78, 5) is 23.9. The van der Waals surface area contributed by atoms with E-state index in [1.807, 2.05) is 0 Å². The van der Waals surface area contributed by atoms with Gasteiger partial charge in [0.2, 0.25) is 0 Å². The van der Waals surface area contributed by atoms with Crippen LogP contribution >= 0.6 is 0 Å². The van der Waals surface area contributed by atoms with E-state index in [2.05, 4.69) is 33.1 Å². The molecule has 9 heteroatoms. The number of hydrogen-bond acceptors (Lipinski definition) is 5. The van der Waals surface area contributed by atoms with Gasteiger partial charge in [0.05, 0.1) is 6.54 Å². The fourth-order valence-corrected chi connectivity index (χ4v) is 2.28. The van der Waals surface area contributed by atoms with Crippen LogP contribution < -0.4 is 10.6 Å². The third-order valence-electron chi connectivity index (χ3n) is 3.88. The Morgan fingerprint density at radius 3 is 2.64 bits per heavy atom. The van der Waals surface area contributed by atoms with Crippen molar-refractivity contribution in [2.24, 2.45) is 0 Å². The lowest BCUT2D eigenvalue weighted by molar-refractivity contribution is -0.144. The molecule has 1 heterocycles. The number of aryl methyl sites for hydroxylation is 1. The van der Waals surface area contributed by atoms with Gasteiger partial charge in [0.25, 0.3) is 0 Å². The number of aliphatic carboxylic acids is 1. The molecule has 1 aromatic carbocycles. The van der Waals surface area contributed by atoms with Crippen molar-refractivity contribution in [3.63, 3.8) is 0 Å². The van der Waals surface area contributed by atoms with Crippen molar-refractivity contribution in [1.82, 2.24) is 30.8 Å². The SMILES string of the molecule is CCCCn1nnnc1CNC(=O)N[C@](C)(C(=O)O)c1ccccc1. The van der Waals surface area contributed by atoms with E-state index in [4.69, 9.17) is 0 Å². The number of tetrazole rings is 1. The van der Waals surface area contributed by atoms with Gasteiger partial charge in [0.1, 0.15) is 0 Å². The highest BCUT2D eigenvalue weighted by atomic mass is 16.4. The number of rotatable bonds is 8. The molecule has 0 spiro atoms. The summed E-state index contributed by atoms with van der Waals surface area (Å²) in [5.41, 5.74) is -1.06. The summed E-state index contributed by atoms with van der Waals surface area (Å²) >= 11 is 0. The van der Waals surface area contributed by atoms with E-state index in [-0.39, 0.29) is 6.54 Å². The molecule has 0 aliphatic heterocycles. The van der Waals surface area contributed by atoms with Crippen molar-refractivity contribution in [3.8, 4) is 0 Å². The van der Waals surface area contributed by atoms with E-state index in [1.54, 1.807) is 35.0 Å². The maximum Gasteiger partial charge on any atom is 0.333 e. The Morgan fingerprint density at radius 1 is 1.28 bits per heavy atom. The van der Waals surface area contributed by atoms with Crippen molar-refractivity contribution in [2.45, 2.75) is 45.3 Å². The Balaban J connectivity index is 2.01. The predicted molar refractivity (Wildman–Crippen MR) is 89.5 cm³/mol. The van der Waals surface area contributed by atoms with Gasteiger partial charge in [-0.2, -0.15) is 0 Å². The molecule has 0 aliphatic rings. The first-order valence-corrected chi connectivity index (χ1v) is 8.07. The van der Waals surface area contributed by atoms with Crippen LogP contribution in [0.5, 0.6) is 0 Å². The number of amides is 2. The Labute approximate surface area is 145 Å². The molecule has 0 saturated carbocycles. The standard InChI is InChI=1S/C16H22N6O3/c1-3-4-10-22-13(19-20-21-22)11-17-15(25)18-16(2,14(23)24)12-8-6-5-7-9-12/h5-9H,3-4,10-11H2,1-2H3,(H,23,24)(H2,17,18,25)/t16-/m0/s1. The van der Waals surface area contributed by atoms with Gasteiger partial charge in [-0.25, -0.2) is 14.3 Å². The number of aromatic nitrogens is 4. The summed E-state index contributed by atoms with van der Waals surface area (Å²) in [6, 6.07) is 7.91. The maximum atomic E-state index is 12.2. The van der Waals surface area contributed by atoms with Gasteiger partial charge in [-0.3, -0.25) is 0 Å². The number of carbonyl (C=O) groups is 2. The molecule has 2 aromatic rings. The molecular weight excluding hydrogens is 324 g/mol. The molecule has 0 unspecified atom stereocenters. The molecule has 1 atom stereocenters. The smallest absolute Gasteiger partial charge is 0.333 e. The van der Waals surface area contributed by atoms with E-state index in [0.717, 1.165) is 12.8 Å². The lowest BCUT2D eigenvalue weighted by atomic mass is 9.92. The normalized spacial score (nSPS) is 13.0. The average Bonchev–Trinajstić information content (AvgIpc) is 3.06. The molecule has 0 bridgehead atoms. The largest absolute Gasteiger partial charge is 0.479 e. The molecule has 0 radical (unpaired) electrons. The number of carboxylic acid groups (broad SMARTS) is 1. The van der Waals surface area contributed by atoms with Crippen LogP contribution in [0.3, 0.4) is 0 Å². The summed E-state index contributed by atoms with van der Waals surface area (Å²) in [6.45, 7) is 4.27. The Morgan fingerprint density at radius 2 is 2.00 bits per heavy atom. The molecule has 134 valence electrons. The topological polar surface area (TPSA) is 122 Å². The van der Waals surface area contributed by atoms with Gasteiger partial charge in [0.15, 0.2) is 11.4 Å². The summed E-state index contributed by atoms with van der Waals surface area (Å²) in [7, 11) is 0. The Hall–Kier alpha value is -2.97. The molecule has 2 amide bonds. The lowest BCUT2D eigenvalue weighted by Crippen LogP contribution is -2.52. The zero-order valence-corrected chi connectivity index (χ0v) is 14.3. The third kappa shape index (κ3) is 4.52. The molecule has 0 fully saturated rings. The second-order valence-electron chi connectivity index (χ2n) is 5.78. The first-order valence-electron chi connectivity index (χ1n) is 8.07. The Bertz CT molecular complexity index is 718. The fourth-order valence-electron chi connectivity index (χ4n) is 2.28. The van der Waals surface area contributed by atoms with Crippen LogP contribution in [0.1, 0.15) is 38.1 Å². The number of hydrogen-bond donors (Lipinski definition) is 3. The molecular formula is C16H22N6O3. The second kappa shape index (κ2) is 8.22. The monoisotopic (exact) mass is 346 g/mol. The molecule has 25 heavy (non-hydrogen) atoms.